The second-order valence-electron chi connectivity index (χ2n) is 20.2. The fourth-order valence-corrected chi connectivity index (χ4v) is 7.16. The summed E-state index contributed by atoms with van der Waals surface area (Å²) in [6, 6.07) is 0. The standard InChI is InChI=1S/C62H88N2O24/c1-13-47(65)77-35-59(21-9,36-78-48(66)14-2)43-85-55(73)25-29-63(30-26-56(74)86-44-60(22-10,37-79-49(67)15-3)38-80-50(68)16-4)33-34-64(31-27-57(75)87-45-61(23-11,39-81-51(69)17-5)40-82-52(70)18-6)32-28-58(76)88-46-62(24-12,41-83-53(71)19-7)42-84-54(72)20-8/h13-20H,1-8,21-46H2,9-12H3. The van der Waals surface area contributed by atoms with Gasteiger partial charge in [-0.1, -0.05) is 80.3 Å². The van der Waals surface area contributed by atoms with Gasteiger partial charge in [0.05, 0.1) is 47.3 Å². The molecule has 0 N–H and O–H groups in total. The Morgan fingerprint density at radius 1 is 0.250 bits per heavy atom. The summed E-state index contributed by atoms with van der Waals surface area (Å²) in [5.41, 5.74) is -4.76. The van der Waals surface area contributed by atoms with Crippen molar-refractivity contribution in [3.8, 4) is 0 Å². The molecule has 0 aliphatic rings. The molecule has 490 valence electrons. The minimum Gasteiger partial charge on any atom is -0.465 e. The summed E-state index contributed by atoms with van der Waals surface area (Å²) in [7, 11) is 0. The molecule has 26 nitrogen and oxygen atoms in total. The third-order valence-corrected chi connectivity index (χ3v) is 13.9. The number of hydrogen-bond donors (Lipinski definition) is 0. The summed E-state index contributed by atoms with van der Waals surface area (Å²) in [5, 5.41) is 0. The summed E-state index contributed by atoms with van der Waals surface area (Å²) in [6.07, 6.45) is 7.09. The van der Waals surface area contributed by atoms with E-state index < -0.39 is 93.3 Å². The van der Waals surface area contributed by atoms with Crippen molar-refractivity contribution in [1.29, 1.82) is 0 Å². The molecule has 0 saturated heterocycles. The van der Waals surface area contributed by atoms with Crippen molar-refractivity contribution in [2.24, 2.45) is 21.7 Å². The predicted octanol–water partition coefficient (Wildman–Crippen LogP) is 4.74. The minimum absolute atomic E-state index is 0.0387. The molecular weight excluding hydrogens is 1160 g/mol. The molecule has 0 fully saturated rings. The Balaban J connectivity index is 7.20. The molecule has 0 aromatic heterocycles. The summed E-state index contributed by atoms with van der Waals surface area (Å²) in [6.45, 7) is 29.6. The van der Waals surface area contributed by atoms with Crippen LogP contribution in [0.1, 0.15) is 79.1 Å². The van der Waals surface area contributed by atoms with Crippen LogP contribution >= 0.6 is 0 Å². The van der Waals surface area contributed by atoms with Crippen LogP contribution in [0, 0.1) is 21.7 Å². The molecule has 0 atom stereocenters. The average molecular weight is 1250 g/mol. The van der Waals surface area contributed by atoms with Gasteiger partial charge in [0.1, 0.15) is 79.3 Å². The van der Waals surface area contributed by atoms with Crippen LogP contribution in [-0.4, -0.2) is 200 Å². The van der Waals surface area contributed by atoms with Gasteiger partial charge in [0.2, 0.25) is 0 Å². The largest absolute Gasteiger partial charge is 0.465 e. The Kier molecular flexibility index (Phi) is 39.7. The topological polar surface area (TPSA) is 322 Å². The molecule has 0 amide bonds. The maximum absolute atomic E-state index is 13.6. The number of ether oxygens (including phenoxy) is 12. The molecule has 0 bridgehead atoms. The summed E-state index contributed by atoms with van der Waals surface area (Å²) in [4.78, 5) is 154. The van der Waals surface area contributed by atoms with Crippen molar-refractivity contribution in [3.05, 3.63) is 101 Å². The smallest absolute Gasteiger partial charge is 0.330 e. The van der Waals surface area contributed by atoms with E-state index in [9.17, 15) is 57.5 Å². The third-order valence-electron chi connectivity index (χ3n) is 13.9. The number of carbonyl (C=O) groups is 12. The van der Waals surface area contributed by atoms with Gasteiger partial charge in [-0.25, -0.2) is 38.4 Å². The van der Waals surface area contributed by atoms with Crippen molar-refractivity contribution < 1.29 is 114 Å². The van der Waals surface area contributed by atoms with Crippen LogP contribution in [0.2, 0.25) is 0 Å². The maximum atomic E-state index is 13.6. The maximum Gasteiger partial charge on any atom is 0.330 e. The van der Waals surface area contributed by atoms with Gasteiger partial charge in [0, 0.05) is 87.9 Å². The molecule has 0 aromatic rings. The Morgan fingerprint density at radius 3 is 0.511 bits per heavy atom. The van der Waals surface area contributed by atoms with E-state index in [4.69, 9.17) is 56.8 Å². The molecule has 0 aliphatic heterocycles. The number of rotatable bonds is 51. The molecular formula is C62H88N2O24. The number of carbonyl (C=O) groups excluding carboxylic acids is 12. The minimum atomic E-state index is -1.19. The first kappa shape index (κ1) is 79.5. The average Bonchev–Trinajstić information content (AvgIpc) is 3.73. The van der Waals surface area contributed by atoms with Crippen molar-refractivity contribution in [2.45, 2.75) is 79.1 Å². The molecule has 0 radical (unpaired) electrons. The highest BCUT2D eigenvalue weighted by Crippen LogP contribution is 2.28. The van der Waals surface area contributed by atoms with E-state index in [1.165, 1.54) is 0 Å². The lowest BCUT2D eigenvalue weighted by Crippen LogP contribution is -2.41. The Morgan fingerprint density at radius 2 is 0.386 bits per heavy atom. The van der Waals surface area contributed by atoms with Gasteiger partial charge < -0.3 is 66.6 Å². The van der Waals surface area contributed by atoms with E-state index >= 15 is 0 Å². The van der Waals surface area contributed by atoms with E-state index in [1.807, 2.05) is 0 Å². The van der Waals surface area contributed by atoms with E-state index in [2.05, 4.69) is 52.6 Å². The van der Waals surface area contributed by atoms with Gasteiger partial charge in [-0.15, -0.1) is 0 Å². The summed E-state index contributed by atoms with van der Waals surface area (Å²) >= 11 is 0. The lowest BCUT2D eigenvalue weighted by Gasteiger charge is -2.32. The lowest BCUT2D eigenvalue weighted by atomic mass is 9.88. The van der Waals surface area contributed by atoms with E-state index in [0.29, 0.717) is 0 Å². The molecule has 0 rings (SSSR count). The van der Waals surface area contributed by atoms with Crippen molar-refractivity contribution >= 4 is 71.6 Å². The van der Waals surface area contributed by atoms with E-state index in [-0.39, 0.29) is 170 Å². The van der Waals surface area contributed by atoms with Crippen LogP contribution in [0.3, 0.4) is 0 Å². The Labute approximate surface area is 514 Å². The normalized spacial score (nSPS) is 11.2. The second kappa shape index (κ2) is 44.0. The highest BCUT2D eigenvalue weighted by Gasteiger charge is 2.38. The SMILES string of the molecule is C=CC(=O)OCC(CC)(COC(=O)C=C)COC(=O)CCN(CCC(=O)OCC(CC)(COC(=O)C=C)COC(=O)C=C)CCN(CCC(=O)OCC(CC)(COC(=O)C=C)COC(=O)C=C)CCC(=O)OCC(CC)(COC(=O)C=C)COC(=O)C=C. The van der Waals surface area contributed by atoms with Crippen molar-refractivity contribution in [3.63, 3.8) is 0 Å². The van der Waals surface area contributed by atoms with Gasteiger partial charge in [0.25, 0.3) is 0 Å². The highest BCUT2D eigenvalue weighted by atomic mass is 16.6. The molecule has 0 saturated carbocycles. The first-order valence-electron chi connectivity index (χ1n) is 28.2. The third kappa shape index (κ3) is 33.4. The van der Waals surface area contributed by atoms with Crippen LogP contribution in [0.4, 0.5) is 0 Å². The number of hydrogen-bond acceptors (Lipinski definition) is 26. The zero-order valence-corrected chi connectivity index (χ0v) is 51.4. The van der Waals surface area contributed by atoms with Crippen LogP contribution in [-0.2, 0) is 114 Å². The van der Waals surface area contributed by atoms with Gasteiger partial charge in [-0.2, -0.15) is 0 Å². The van der Waals surface area contributed by atoms with Crippen LogP contribution in [0.25, 0.3) is 0 Å². The molecule has 88 heavy (non-hydrogen) atoms. The molecule has 0 aliphatic carbocycles. The molecule has 0 heterocycles. The molecule has 0 aromatic carbocycles. The van der Waals surface area contributed by atoms with Crippen LogP contribution in [0.15, 0.2) is 101 Å². The predicted molar refractivity (Wildman–Crippen MR) is 315 cm³/mol. The summed E-state index contributed by atoms with van der Waals surface area (Å²) < 4.78 is 64.9. The molecule has 0 spiro atoms. The Bertz CT molecular complexity index is 2010. The first-order chi connectivity index (χ1) is 41.8. The molecule has 26 heteroatoms. The van der Waals surface area contributed by atoms with Crippen LogP contribution < -0.4 is 0 Å². The first-order valence-corrected chi connectivity index (χ1v) is 28.2. The zero-order valence-electron chi connectivity index (χ0n) is 51.4. The fraction of sp³-hybridized carbons (Fsp3) is 0.548. The molecule has 0 unspecified atom stereocenters. The van der Waals surface area contributed by atoms with Gasteiger partial charge in [-0.3, -0.25) is 19.2 Å². The van der Waals surface area contributed by atoms with Crippen LogP contribution in [0.5, 0.6) is 0 Å². The number of esters is 12. The van der Waals surface area contributed by atoms with Crippen molar-refractivity contribution in [2.75, 3.05) is 119 Å². The van der Waals surface area contributed by atoms with E-state index in [0.717, 1.165) is 48.6 Å². The number of nitrogens with zero attached hydrogens (tertiary/aromatic N) is 2. The Hall–Kier alpha value is -8.52. The van der Waals surface area contributed by atoms with Gasteiger partial charge >= 0.3 is 71.6 Å². The lowest BCUT2D eigenvalue weighted by molar-refractivity contribution is -0.161. The highest BCUT2D eigenvalue weighted by molar-refractivity contribution is 5.84. The second-order valence-corrected chi connectivity index (χ2v) is 20.2. The fourth-order valence-electron chi connectivity index (χ4n) is 7.16. The summed E-state index contributed by atoms with van der Waals surface area (Å²) in [5.74, 6) is -9.23. The van der Waals surface area contributed by atoms with Gasteiger partial charge in [0.15, 0.2) is 0 Å². The monoisotopic (exact) mass is 1240 g/mol. The van der Waals surface area contributed by atoms with E-state index in [1.54, 1.807) is 37.5 Å². The zero-order chi connectivity index (χ0) is 66.6. The van der Waals surface area contributed by atoms with Crippen molar-refractivity contribution in [1.82, 2.24) is 9.80 Å². The quantitative estimate of drug-likeness (QED) is 0.0451. The van der Waals surface area contributed by atoms with Gasteiger partial charge in [-0.05, 0) is 25.7 Å².